The van der Waals surface area contributed by atoms with Gasteiger partial charge in [-0.25, -0.2) is 4.98 Å². The largest absolute Gasteiger partial charge is 0.378 e. The van der Waals surface area contributed by atoms with Crippen LogP contribution < -0.4 is 16.2 Å². The number of benzene rings is 3. The van der Waals surface area contributed by atoms with Crippen molar-refractivity contribution in [1.29, 1.82) is 0 Å². The van der Waals surface area contributed by atoms with E-state index >= 15 is 0 Å². The van der Waals surface area contributed by atoms with E-state index in [1.807, 2.05) is 44.2 Å². The summed E-state index contributed by atoms with van der Waals surface area (Å²) in [6.45, 7) is 6.10. The highest BCUT2D eigenvalue weighted by Crippen LogP contribution is 2.28. The Morgan fingerprint density at radius 2 is 1.57 bits per heavy atom. The number of nitrogens with one attached hydrogen (secondary N) is 2. The van der Waals surface area contributed by atoms with Gasteiger partial charge in [0.15, 0.2) is 5.82 Å². The minimum Gasteiger partial charge on any atom is -0.378 e. The lowest BCUT2D eigenvalue weighted by molar-refractivity contribution is 0.0303. The van der Waals surface area contributed by atoms with Gasteiger partial charge in [0.1, 0.15) is 0 Å². The number of rotatable bonds is 6. The van der Waals surface area contributed by atoms with Gasteiger partial charge in [-0.05, 0) is 61.9 Å². The Bertz CT molecular complexity index is 1600. The van der Waals surface area contributed by atoms with Crippen LogP contribution >= 0.6 is 0 Å². The molecular weight excluding hydrogens is 506 g/mol. The zero-order valence-electron chi connectivity index (χ0n) is 22.7. The molecular formula is C31H31N5O4. The fourth-order valence-corrected chi connectivity index (χ4v) is 4.55. The first-order valence-electron chi connectivity index (χ1n) is 13.1. The molecule has 0 spiro atoms. The quantitative estimate of drug-likeness (QED) is 0.374. The minimum absolute atomic E-state index is 0.0456. The van der Waals surface area contributed by atoms with E-state index in [9.17, 15) is 14.4 Å². The molecule has 3 aromatic carbocycles. The average molecular weight is 538 g/mol. The number of anilines is 3. The minimum atomic E-state index is -0.293. The third kappa shape index (κ3) is 5.79. The molecule has 1 aliphatic heterocycles. The Morgan fingerprint density at radius 3 is 2.27 bits per heavy atom. The van der Waals surface area contributed by atoms with Crippen LogP contribution in [-0.2, 0) is 11.8 Å². The molecule has 2 N–H and O–H groups in total. The first kappa shape index (κ1) is 26.8. The van der Waals surface area contributed by atoms with Crippen molar-refractivity contribution in [1.82, 2.24) is 14.5 Å². The summed E-state index contributed by atoms with van der Waals surface area (Å²) in [6.07, 6.45) is 1.67. The molecule has 2 heterocycles. The Morgan fingerprint density at radius 1 is 0.900 bits per heavy atom. The highest BCUT2D eigenvalue weighted by atomic mass is 16.5. The lowest BCUT2D eigenvalue weighted by atomic mass is 10.0. The molecule has 5 rings (SSSR count). The first-order valence-corrected chi connectivity index (χ1v) is 13.1. The molecule has 1 fully saturated rings. The van der Waals surface area contributed by atoms with Gasteiger partial charge in [-0.15, -0.1) is 0 Å². The summed E-state index contributed by atoms with van der Waals surface area (Å²) in [7, 11) is 1.67. The van der Waals surface area contributed by atoms with E-state index in [1.54, 1.807) is 54.5 Å². The van der Waals surface area contributed by atoms with Gasteiger partial charge < -0.3 is 24.8 Å². The Hall–Kier alpha value is -4.76. The smallest absolute Gasteiger partial charge is 0.293 e. The van der Waals surface area contributed by atoms with E-state index in [-0.39, 0.29) is 23.2 Å². The lowest BCUT2D eigenvalue weighted by Crippen LogP contribution is -2.40. The molecule has 9 heteroatoms. The molecule has 0 saturated carbocycles. The third-order valence-corrected chi connectivity index (χ3v) is 6.94. The Labute approximate surface area is 232 Å². The van der Waals surface area contributed by atoms with Crippen molar-refractivity contribution < 1.29 is 14.3 Å². The van der Waals surface area contributed by atoms with Gasteiger partial charge in [-0.1, -0.05) is 29.8 Å². The van der Waals surface area contributed by atoms with Crippen molar-refractivity contribution in [2.45, 2.75) is 13.8 Å². The molecule has 0 atom stereocenters. The maximum atomic E-state index is 12.9. The van der Waals surface area contributed by atoms with Crippen LogP contribution in [0.1, 0.15) is 31.8 Å². The van der Waals surface area contributed by atoms with Crippen LogP contribution in [-0.4, -0.2) is 52.6 Å². The van der Waals surface area contributed by atoms with E-state index in [4.69, 9.17) is 4.74 Å². The molecule has 0 unspecified atom stereocenters. The van der Waals surface area contributed by atoms with E-state index < -0.39 is 0 Å². The summed E-state index contributed by atoms with van der Waals surface area (Å²) in [6, 6.07) is 20.0. The second-order valence-corrected chi connectivity index (χ2v) is 9.80. The van der Waals surface area contributed by atoms with Gasteiger partial charge in [0.2, 0.25) is 0 Å². The first-order chi connectivity index (χ1) is 19.3. The van der Waals surface area contributed by atoms with Gasteiger partial charge in [0, 0.05) is 54.4 Å². The summed E-state index contributed by atoms with van der Waals surface area (Å²) in [5.41, 5.74) is 5.41. The summed E-state index contributed by atoms with van der Waals surface area (Å²) in [5, 5.41) is 6.09. The van der Waals surface area contributed by atoms with Crippen molar-refractivity contribution in [3.05, 3.63) is 106 Å². The molecule has 0 radical (unpaired) electrons. The predicted molar refractivity (Wildman–Crippen MR) is 155 cm³/mol. The lowest BCUT2D eigenvalue weighted by Gasteiger charge is -2.26. The Kier molecular flexibility index (Phi) is 7.75. The van der Waals surface area contributed by atoms with Gasteiger partial charge in [-0.3, -0.25) is 14.4 Å². The average Bonchev–Trinajstić information content (AvgIpc) is 2.97. The molecule has 9 nitrogen and oxygen atoms in total. The van der Waals surface area contributed by atoms with E-state index in [2.05, 4.69) is 15.6 Å². The number of hydrogen-bond acceptors (Lipinski definition) is 6. The number of nitrogens with zero attached hydrogens (tertiary/aromatic N) is 3. The Balaban J connectivity index is 1.37. The zero-order valence-corrected chi connectivity index (χ0v) is 22.7. The number of morpholine rings is 1. The fraction of sp³-hybridized carbons (Fsp3) is 0.226. The topological polar surface area (TPSA) is 106 Å². The summed E-state index contributed by atoms with van der Waals surface area (Å²) < 4.78 is 6.80. The van der Waals surface area contributed by atoms with E-state index in [0.29, 0.717) is 54.5 Å². The molecule has 204 valence electrons. The van der Waals surface area contributed by atoms with Crippen LogP contribution in [0.3, 0.4) is 0 Å². The van der Waals surface area contributed by atoms with Crippen LogP contribution in [0.15, 0.2) is 77.7 Å². The van der Waals surface area contributed by atoms with E-state index in [1.165, 1.54) is 4.57 Å². The van der Waals surface area contributed by atoms with Crippen LogP contribution in [0.25, 0.3) is 11.3 Å². The number of amides is 2. The molecule has 4 aromatic rings. The number of aromatic nitrogens is 2. The van der Waals surface area contributed by atoms with Crippen molar-refractivity contribution in [2.24, 2.45) is 7.05 Å². The fourth-order valence-electron chi connectivity index (χ4n) is 4.55. The van der Waals surface area contributed by atoms with Crippen molar-refractivity contribution in [3.8, 4) is 11.3 Å². The molecule has 0 bridgehead atoms. The molecule has 1 saturated heterocycles. The maximum absolute atomic E-state index is 12.9. The molecule has 2 amide bonds. The van der Waals surface area contributed by atoms with Crippen LogP contribution in [0.4, 0.5) is 17.2 Å². The van der Waals surface area contributed by atoms with Crippen LogP contribution in [0, 0.1) is 13.8 Å². The van der Waals surface area contributed by atoms with Crippen molar-refractivity contribution in [3.63, 3.8) is 0 Å². The SMILES string of the molecule is Cc1ccc(C(=O)Nc2cccc(-c3cn(C)c(=O)c(Nc4ccc(C(=O)N5CCOCC5)cc4)n3)c2C)cc1. The molecule has 1 aliphatic rings. The predicted octanol–water partition coefficient (Wildman–Crippen LogP) is 4.53. The molecule has 0 aliphatic carbocycles. The normalized spacial score (nSPS) is 13.1. The van der Waals surface area contributed by atoms with E-state index in [0.717, 1.165) is 16.7 Å². The summed E-state index contributed by atoms with van der Waals surface area (Å²) in [4.78, 5) is 44.9. The highest BCUT2D eigenvalue weighted by molar-refractivity contribution is 6.05. The van der Waals surface area contributed by atoms with Crippen LogP contribution in [0.5, 0.6) is 0 Å². The molecule has 1 aromatic heterocycles. The highest BCUT2D eigenvalue weighted by Gasteiger charge is 2.19. The van der Waals surface area contributed by atoms with Gasteiger partial charge in [-0.2, -0.15) is 0 Å². The second kappa shape index (κ2) is 11.5. The van der Waals surface area contributed by atoms with Gasteiger partial charge in [0.05, 0.1) is 18.9 Å². The summed E-state index contributed by atoms with van der Waals surface area (Å²) in [5.74, 6) is -0.0944. The second-order valence-electron chi connectivity index (χ2n) is 9.80. The standard InChI is InChI=1S/C31H31N5O4/c1-20-7-9-22(10-8-20)29(37)34-26-6-4-5-25(21(26)2)27-19-35(3)31(39)28(33-27)32-24-13-11-23(12-14-24)30(38)36-15-17-40-18-16-36/h4-14,19H,15-18H2,1-3H3,(H,32,33)(H,34,37). The summed E-state index contributed by atoms with van der Waals surface area (Å²) >= 11 is 0. The number of carbonyl (C=O) groups excluding carboxylic acids is 2. The number of hydrogen-bond donors (Lipinski definition) is 2. The van der Waals surface area contributed by atoms with Crippen molar-refractivity contribution in [2.75, 3.05) is 36.9 Å². The maximum Gasteiger partial charge on any atom is 0.293 e. The van der Waals surface area contributed by atoms with Crippen molar-refractivity contribution >= 4 is 29.0 Å². The van der Waals surface area contributed by atoms with Crippen LogP contribution in [0.2, 0.25) is 0 Å². The zero-order chi connectivity index (χ0) is 28.2. The number of aryl methyl sites for hydroxylation is 2. The monoisotopic (exact) mass is 537 g/mol. The van der Waals surface area contributed by atoms with Gasteiger partial charge in [0.25, 0.3) is 17.4 Å². The number of carbonyl (C=O) groups is 2. The van der Waals surface area contributed by atoms with Gasteiger partial charge >= 0.3 is 0 Å². The molecule has 40 heavy (non-hydrogen) atoms. The number of ether oxygens (including phenoxy) is 1. The third-order valence-electron chi connectivity index (χ3n) is 6.94.